The quantitative estimate of drug-likeness (QED) is 0.424. The number of nitrogens with zero attached hydrogens (tertiary/aromatic N) is 3. The lowest BCUT2D eigenvalue weighted by Crippen LogP contribution is -2.20. The highest BCUT2D eigenvalue weighted by molar-refractivity contribution is 6.31. The lowest BCUT2D eigenvalue weighted by atomic mass is 10.0. The largest absolute Gasteiger partial charge is 0.462 e. The highest BCUT2D eigenvalue weighted by Gasteiger charge is 2.27. The first-order valence-electron chi connectivity index (χ1n) is 10.8. The maximum atomic E-state index is 13.7. The Kier molecular flexibility index (Phi) is 5.56. The lowest BCUT2D eigenvalue weighted by Gasteiger charge is -2.15. The first-order chi connectivity index (χ1) is 16.1. The zero-order valence-electron chi connectivity index (χ0n) is 18.0. The Balaban J connectivity index is 1.64. The fourth-order valence-corrected chi connectivity index (χ4v) is 4.43. The summed E-state index contributed by atoms with van der Waals surface area (Å²) in [5.74, 6) is -0.641. The number of pyridine rings is 1. The number of nitrogens with one attached hydrogen (secondary N) is 1. The van der Waals surface area contributed by atoms with E-state index in [1.54, 1.807) is 19.1 Å². The maximum absolute atomic E-state index is 13.7. The average Bonchev–Trinajstić information content (AvgIpc) is 3.45. The van der Waals surface area contributed by atoms with Gasteiger partial charge in [-0.05, 0) is 62.1 Å². The molecule has 2 aromatic heterocycles. The molecule has 0 atom stereocenters. The number of carbonyl (C=O) groups excluding carboxylic acids is 2. The third-order valence-electron chi connectivity index (χ3n) is 5.70. The summed E-state index contributed by atoms with van der Waals surface area (Å²) in [7, 11) is 0. The molecule has 0 aliphatic heterocycles. The van der Waals surface area contributed by atoms with Gasteiger partial charge in [0.25, 0.3) is 5.91 Å². The first-order valence-corrected chi connectivity index (χ1v) is 11.2. The molecule has 0 saturated carbocycles. The van der Waals surface area contributed by atoms with E-state index in [-0.39, 0.29) is 23.9 Å². The minimum atomic E-state index is -0.553. The van der Waals surface area contributed by atoms with E-state index in [1.807, 2.05) is 36.4 Å². The second kappa shape index (κ2) is 8.67. The van der Waals surface area contributed by atoms with Crippen molar-refractivity contribution in [3.8, 4) is 5.69 Å². The predicted octanol–water partition coefficient (Wildman–Crippen LogP) is 4.99. The summed E-state index contributed by atoms with van der Waals surface area (Å²) in [6, 6.07) is 14.6. The standard InChI is InChI=1S/C25H21ClN4O3/c1-2-33-25(32)19-14-27-30(16-7-4-3-5-8-16)23(19)29-24(31)22-17-9-6-10-20(17)28-21-12-11-15(26)13-18(21)22/h3-5,7-8,11-14H,2,6,9-10H2,1H3,(H,29,31). The fraction of sp³-hybridized carbons (Fsp3) is 0.200. The van der Waals surface area contributed by atoms with Gasteiger partial charge < -0.3 is 10.1 Å². The molecule has 1 N–H and O–H groups in total. The van der Waals surface area contributed by atoms with Crippen molar-refractivity contribution >= 4 is 40.2 Å². The van der Waals surface area contributed by atoms with Gasteiger partial charge in [0, 0.05) is 16.1 Å². The molecule has 7 nitrogen and oxygen atoms in total. The number of rotatable bonds is 5. The summed E-state index contributed by atoms with van der Waals surface area (Å²) >= 11 is 6.26. The van der Waals surface area contributed by atoms with E-state index < -0.39 is 5.97 Å². The first kappa shape index (κ1) is 21.2. The molecule has 0 spiro atoms. The minimum absolute atomic E-state index is 0.182. The van der Waals surface area contributed by atoms with Crippen molar-refractivity contribution in [1.29, 1.82) is 0 Å². The van der Waals surface area contributed by atoms with Crippen LogP contribution >= 0.6 is 11.6 Å². The fourth-order valence-electron chi connectivity index (χ4n) is 4.26. The van der Waals surface area contributed by atoms with E-state index in [0.29, 0.717) is 27.2 Å². The zero-order chi connectivity index (χ0) is 22.9. The Hall–Kier alpha value is -3.71. The van der Waals surface area contributed by atoms with E-state index in [0.717, 1.165) is 30.5 Å². The van der Waals surface area contributed by atoms with E-state index in [9.17, 15) is 9.59 Å². The van der Waals surface area contributed by atoms with Gasteiger partial charge in [-0.3, -0.25) is 9.78 Å². The van der Waals surface area contributed by atoms with E-state index in [2.05, 4.69) is 10.4 Å². The smallest absolute Gasteiger partial charge is 0.343 e. The number of anilines is 1. The molecule has 33 heavy (non-hydrogen) atoms. The van der Waals surface area contributed by atoms with Crippen LogP contribution in [0.1, 0.15) is 45.3 Å². The monoisotopic (exact) mass is 460 g/mol. The van der Waals surface area contributed by atoms with Crippen LogP contribution in [0.4, 0.5) is 5.82 Å². The number of halogens is 1. The Labute approximate surface area is 195 Å². The molecular weight excluding hydrogens is 440 g/mol. The normalized spacial score (nSPS) is 12.5. The number of aryl methyl sites for hydroxylation is 1. The van der Waals surface area contributed by atoms with Crippen molar-refractivity contribution in [1.82, 2.24) is 14.8 Å². The van der Waals surface area contributed by atoms with Crippen LogP contribution in [-0.4, -0.2) is 33.2 Å². The average molecular weight is 461 g/mol. The molecular formula is C25H21ClN4O3. The summed E-state index contributed by atoms with van der Waals surface area (Å²) in [6.45, 7) is 1.94. The van der Waals surface area contributed by atoms with Crippen molar-refractivity contribution in [2.75, 3.05) is 11.9 Å². The molecule has 0 unspecified atom stereocenters. The number of benzene rings is 2. The van der Waals surface area contributed by atoms with Crippen molar-refractivity contribution in [3.63, 3.8) is 0 Å². The van der Waals surface area contributed by atoms with Gasteiger partial charge in [0.2, 0.25) is 0 Å². The number of hydrogen-bond donors (Lipinski definition) is 1. The number of aromatic nitrogens is 3. The van der Waals surface area contributed by atoms with Crippen LogP contribution in [-0.2, 0) is 17.6 Å². The van der Waals surface area contributed by atoms with Gasteiger partial charge >= 0.3 is 5.97 Å². The van der Waals surface area contributed by atoms with Crippen LogP contribution in [0.25, 0.3) is 16.6 Å². The molecule has 166 valence electrons. The molecule has 0 saturated heterocycles. The maximum Gasteiger partial charge on any atom is 0.343 e. The molecule has 1 aliphatic rings. The molecule has 0 bridgehead atoms. The van der Waals surface area contributed by atoms with Crippen molar-refractivity contribution in [3.05, 3.63) is 82.1 Å². The van der Waals surface area contributed by atoms with Gasteiger partial charge in [-0.15, -0.1) is 0 Å². The number of amides is 1. The second-order valence-corrected chi connectivity index (χ2v) is 8.19. The number of ether oxygens (including phenoxy) is 1. The van der Waals surface area contributed by atoms with Crippen LogP contribution in [0.15, 0.2) is 54.7 Å². The molecule has 0 radical (unpaired) electrons. The minimum Gasteiger partial charge on any atom is -0.462 e. The van der Waals surface area contributed by atoms with E-state index in [1.165, 1.54) is 10.9 Å². The Morgan fingerprint density at radius 1 is 1.15 bits per heavy atom. The topological polar surface area (TPSA) is 86.1 Å². The van der Waals surface area contributed by atoms with Crippen molar-refractivity contribution < 1.29 is 14.3 Å². The van der Waals surface area contributed by atoms with Crippen molar-refractivity contribution in [2.45, 2.75) is 26.2 Å². The Bertz CT molecular complexity index is 1380. The van der Waals surface area contributed by atoms with Gasteiger partial charge in [0.1, 0.15) is 5.56 Å². The van der Waals surface area contributed by atoms with E-state index >= 15 is 0 Å². The molecule has 2 aromatic carbocycles. The van der Waals surface area contributed by atoms with Crippen LogP contribution in [0.2, 0.25) is 5.02 Å². The third kappa shape index (κ3) is 3.85. The number of hydrogen-bond acceptors (Lipinski definition) is 5. The Morgan fingerprint density at radius 2 is 1.97 bits per heavy atom. The summed E-state index contributed by atoms with van der Waals surface area (Å²) in [5, 5.41) is 8.51. The molecule has 2 heterocycles. The third-order valence-corrected chi connectivity index (χ3v) is 5.93. The molecule has 4 aromatic rings. The molecule has 0 fully saturated rings. The summed E-state index contributed by atoms with van der Waals surface area (Å²) in [6.07, 6.45) is 3.93. The second-order valence-electron chi connectivity index (χ2n) is 7.76. The number of para-hydroxylation sites is 1. The van der Waals surface area contributed by atoms with Crippen LogP contribution in [0, 0.1) is 0 Å². The predicted molar refractivity (Wildman–Crippen MR) is 126 cm³/mol. The zero-order valence-corrected chi connectivity index (χ0v) is 18.7. The number of fused-ring (bicyclic) bond motifs is 2. The van der Waals surface area contributed by atoms with Crippen LogP contribution in [0.5, 0.6) is 0 Å². The SMILES string of the molecule is CCOC(=O)c1cnn(-c2ccccc2)c1NC(=O)c1c2c(nc3ccc(Cl)cc13)CCC2. The molecule has 1 amide bonds. The molecule has 1 aliphatic carbocycles. The highest BCUT2D eigenvalue weighted by Crippen LogP contribution is 2.32. The number of carbonyl (C=O) groups is 2. The summed E-state index contributed by atoms with van der Waals surface area (Å²) < 4.78 is 6.72. The van der Waals surface area contributed by atoms with E-state index in [4.69, 9.17) is 21.3 Å². The van der Waals surface area contributed by atoms with Gasteiger partial charge in [-0.1, -0.05) is 29.8 Å². The van der Waals surface area contributed by atoms with Gasteiger partial charge in [0.05, 0.1) is 29.6 Å². The van der Waals surface area contributed by atoms with Crippen LogP contribution in [0.3, 0.4) is 0 Å². The van der Waals surface area contributed by atoms with Gasteiger partial charge in [-0.25, -0.2) is 9.48 Å². The van der Waals surface area contributed by atoms with Gasteiger partial charge in [0.15, 0.2) is 5.82 Å². The van der Waals surface area contributed by atoms with Crippen molar-refractivity contribution in [2.24, 2.45) is 0 Å². The highest BCUT2D eigenvalue weighted by atomic mass is 35.5. The lowest BCUT2D eigenvalue weighted by molar-refractivity contribution is 0.0527. The van der Waals surface area contributed by atoms with Gasteiger partial charge in [-0.2, -0.15) is 5.10 Å². The molecule has 5 rings (SSSR count). The Morgan fingerprint density at radius 3 is 2.76 bits per heavy atom. The summed E-state index contributed by atoms with van der Waals surface area (Å²) in [5.41, 5.74) is 3.99. The molecule has 8 heteroatoms. The summed E-state index contributed by atoms with van der Waals surface area (Å²) in [4.78, 5) is 31.1. The number of esters is 1. The van der Waals surface area contributed by atoms with Crippen LogP contribution < -0.4 is 5.32 Å².